The van der Waals surface area contributed by atoms with Gasteiger partial charge in [-0.25, -0.2) is 8.42 Å². The zero-order chi connectivity index (χ0) is 20.5. The molecular weight excluding hydrogens is 372 g/mol. The van der Waals surface area contributed by atoms with Crippen LogP contribution in [-0.4, -0.2) is 55.9 Å². The van der Waals surface area contributed by atoms with Crippen molar-refractivity contribution in [1.29, 1.82) is 0 Å². The molecule has 1 N–H and O–H groups in total. The molecule has 1 saturated heterocycles. The van der Waals surface area contributed by atoms with Crippen LogP contribution in [0.15, 0.2) is 10.6 Å². The van der Waals surface area contributed by atoms with Crippen molar-refractivity contribution in [3.05, 3.63) is 11.8 Å². The molecule has 1 aromatic heterocycles. The normalized spacial score (nSPS) is 18.3. The molecule has 2 heterocycles. The van der Waals surface area contributed by atoms with Gasteiger partial charge in [-0.3, -0.25) is 4.79 Å². The highest BCUT2D eigenvalue weighted by Gasteiger charge is 2.47. The van der Waals surface area contributed by atoms with E-state index in [1.54, 1.807) is 13.2 Å². The molecule has 9 heteroatoms. The van der Waals surface area contributed by atoms with Crippen LogP contribution in [0.5, 0.6) is 0 Å². The first-order valence-corrected chi connectivity index (χ1v) is 10.6. The number of ether oxygens (including phenoxy) is 2. The number of nitrogens with zero attached hydrogens (tertiary/aromatic N) is 1. The van der Waals surface area contributed by atoms with Crippen molar-refractivity contribution in [2.75, 3.05) is 25.6 Å². The predicted octanol–water partition coefficient (Wildman–Crippen LogP) is 2.30. The van der Waals surface area contributed by atoms with Crippen molar-refractivity contribution in [2.45, 2.75) is 69.0 Å². The van der Waals surface area contributed by atoms with E-state index in [2.05, 4.69) is 10.5 Å². The molecule has 8 nitrogen and oxygen atoms in total. The molecule has 0 bridgehead atoms. The lowest BCUT2D eigenvalue weighted by Gasteiger charge is -2.30. The number of hydrogen-bond donors (Lipinski definition) is 1. The number of anilines is 1. The number of aromatic nitrogens is 1. The summed E-state index contributed by atoms with van der Waals surface area (Å²) in [6, 6.07) is 1.60. The van der Waals surface area contributed by atoms with Gasteiger partial charge in [0, 0.05) is 26.4 Å². The van der Waals surface area contributed by atoms with Crippen LogP contribution < -0.4 is 5.32 Å². The third-order valence-corrected chi connectivity index (χ3v) is 8.58. The molecule has 0 spiro atoms. The van der Waals surface area contributed by atoms with Crippen molar-refractivity contribution < 1.29 is 27.2 Å². The third-order valence-electron chi connectivity index (χ3n) is 5.62. The highest BCUT2D eigenvalue weighted by molar-refractivity contribution is 7.94. The number of nitrogens with one attached hydrogen (secondary N) is 1. The molecule has 1 aliphatic rings. The zero-order valence-corrected chi connectivity index (χ0v) is 17.7. The first-order valence-electron chi connectivity index (χ1n) is 9.07. The Labute approximate surface area is 160 Å². The Morgan fingerprint density at radius 2 is 1.89 bits per heavy atom. The highest BCUT2D eigenvalue weighted by Crippen LogP contribution is 2.32. The molecule has 1 aromatic rings. The quantitative estimate of drug-likeness (QED) is 0.745. The van der Waals surface area contributed by atoms with Gasteiger partial charge in [-0.05, 0) is 33.6 Å². The topological polar surface area (TPSA) is 108 Å². The van der Waals surface area contributed by atoms with Crippen LogP contribution in [0.2, 0.25) is 0 Å². The van der Waals surface area contributed by atoms with E-state index in [1.807, 2.05) is 20.8 Å². The average molecular weight is 403 g/mol. The maximum atomic E-state index is 13.0. The molecular formula is C18H30N2O6S. The van der Waals surface area contributed by atoms with E-state index in [9.17, 15) is 13.2 Å². The van der Waals surface area contributed by atoms with E-state index in [4.69, 9.17) is 14.0 Å². The maximum absolute atomic E-state index is 13.0. The number of rotatable bonds is 7. The summed E-state index contributed by atoms with van der Waals surface area (Å²) < 4.78 is 40.3. The van der Waals surface area contributed by atoms with Crippen LogP contribution in [0.3, 0.4) is 0 Å². The SMILES string of the molecule is CO[C@@H](C)C(C)(C)c1cc(NC(=O)C(C)(C)S(=O)(=O)C2CCOCC2)no1. The minimum atomic E-state index is -3.69. The Morgan fingerprint density at radius 3 is 2.44 bits per heavy atom. The number of carbonyl (C=O) groups is 1. The Bertz CT molecular complexity index is 763. The summed E-state index contributed by atoms with van der Waals surface area (Å²) in [5, 5.41) is 5.87. The van der Waals surface area contributed by atoms with E-state index in [0.29, 0.717) is 31.8 Å². The van der Waals surface area contributed by atoms with Gasteiger partial charge in [0.15, 0.2) is 15.7 Å². The van der Waals surface area contributed by atoms with Crippen molar-refractivity contribution in [3.8, 4) is 0 Å². The van der Waals surface area contributed by atoms with E-state index in [-0.39, 0.29) is 11.9 Å². The van der Waals surface area contributed by atoms with E-state index in [1.165, 1.54) is 13.8 Å². The molecule has 1 atom stereocenters. The smallest absolute Gasteiger partial charge is 0.246 e. The second kappa shape index (κ2) is 7.89. The van der Waals surface area contributed by atoms with Gasteiger partial charge in [-0.15, -0.1) is 0 Å². The van der Waals surface area contributed by atoms with Crippen molar-refractivity contribution >= 4 is 21.6 Å². The van der Waals surface area contributed by atoms with E-state index >= 15 is 0 Å². The number of methoxy groups -OCH3 is 1. The molecule has 0 unspecified atom stereocenters. The summed E-state index contributed by atoms with van der Waals surface area (Å²) in [6.45, 7) is 9.40. The second-order valence-corrected chi connectivity index (χ2v) is 10.8. The molecule has 0 aliphatic carbocycles. The van der Waals surface area contributed by atoms with Crippen LogP contribution in [0.4, 0.5) is 5.82 Å². The summed E-state index contributed by atoms with van der Waals surface area (Å²) in [6.07, 6.45) is 0.659. The zero-order valence-electron chi connectivity index (χ0n) is 16.9. The van der Waals surface area contributed by atoms with Gasteiger partial charge >= 0.3 is 0 Å². The van der Waals surface area contributed by atoms with Gasteiger partial charge in [0.25, 0.3) is 0 Å². The molecule has 154 valence electrons. The van der Waals surface area contributed by atoms with Crippen molar-refractivity contribution in [2.24, 2.45) is 0 Å². The predicted molar refractivity (Wildman–Crippen MR) is 101 cm³/mol. The fourth-order valence-corrected chi connectivity index (χ4v) is 4.89. The fourth-order valence-electron chi connectivity index (χ4n) is 2.93. The fraction of sp³-hybridized carbons (Fsp3) is 0.778. The summed E-state index contributed by atoms with van der Waals surface area (Å²) in [7, 11) is -2.08. The first kappa shape index (κ1) is 21.8. The van der Waals surface area contributed by atoms with Gasteiger partial charge in [0.05, 0.1) is 16.8 Å². The molecule has 27 heavy (non-hydrogen) atoms. The van der Waals surface area contributed by atoms with Gasteiger partial charge in [-0.1, -0.05) is 19.0 Å². The number of hydrogen-bond acceptors (Lipinski definition) is 7. The molecule has 0 radical (unpaired) electrons. The molecule has 0 aromatic carbocycles. The number of amides is 1. The third kappa shape index (κ3) is 4.20. The Morgan fingerprint density at radius 1 is 1.30 bits per heavy atom. The Kier molecular flexibility index (Phi) is 6.38. The average Bonchev–Trinajstić information content (AvgIpc) is 3.10. The summed E-state index contributed by atoms with van der Waals surface area (Å²) >= 11 is 0. The van der Waals surface area contributed by atoms with Crippen LogP contribution in [-0.2, 0) is 29.5 Å². The minimum Gasteiger partial charge on any atom is -0.381 e. The summed E-state index contributed by atoms with van der Waals surface area (Å²) in [5.74, 6) is 0.0883. The molecule has 2 rings (SSSR count). The molecule has 1 aliphatic heterocycles. The van der Waals surface area contributed by atoms with Crippen LogP contribution in [0.25, 0.3) is 0 Å². The van der Waals surface area contributed by atoms with Crippen LogP contribution in [0, 0.1) is 0 Å². The Hall–Kier alpha value is -1.45. The lowest BCUT2D eigenvalue weighted by molar-refractivity contribution is -0.117. The van der Waals surface area contributed by atoms with Gasteiger partial charge in [-0.2, -0.15) is 0 Å². The summed E-state index contributed by atoms with van der Waals surface area (Å²) in [4.78, 5) is 12.7. The minimum absolute atomic E-state index is 0.139. The largest absolute Gasteiger partial charge is 0.381 e. The van der Waals surface area contributed by atoms with Crippen molar-refractivity contribution in [3.63, 3.8) is 0 Å². The van der Waals surface area contributed by atoms with Crippen LogP contribution in [0.1, 0.15) is 53.2 Å². The van der Waals surface area contributed by atoms with Gasteiger partial charge in [0.1, 0.15) is 10.5 Å². The molecule has 0 saturated carbocycles. The molecule has 1 fully saturated rings. The first-order chi connectivity index (χ1) is 12.4. The monoisotopic (exact) mass is 402 g/mol. The van der Waals surface area contributed by atoms with Gasteiger partial charge in [0.2, 0.25) is 5.91 Å². The van der Waals surface area contributed by atoms with E-state index < -0.39 is 31.2 Å². The van der Waals surface area contributed by atoms with Gasteiger partial charge < -0.3 is 19.3 Å². The Balaban J connectivity index is 2.16. The lowest BCUT2D eigenvalue weighted by Crippen LogP contribution is -2.50. The lowest BCUT2D eigenvalue weighted by atomic mass is 9.84. The second-order valence-electron chi connectivity index (χ2n) is 8.00. The molecule has 1 amide bonds. The maximum Gasteiger partial charge on any atom is 0.246 e. The number of carbonyl (C=O) groups excluding carboxylic acids is 1. The number of sulfone groups is 1. The summed E-state index contributed by atoms with van der Waals surface area (Å²) in [5.41, 5.74) is -0.464. The van der Waals surface area contributed by atoms with Crippen molar-refractivity contribution in [1.82, 2.24) is 5.16 Å². The highest BCUT2D eigenvalue weighted by atomic mass is 32.2. The standard InChI is InChI=1S/C18H30N2O6S/c1-12(24-6)17(2,3)14-11-15(20-26-14)19-16(21)18(4,5)27(22,23)13-7-9-25-10-8-13/h11-13H,7-10H2,1-6H3,(H,19,20,21)/t12-/m0/s1. The van der Waals surface area contributed by atoms with Crippen LogP contribution >= 0.6 is 0 Å². The van der Waals surface area contributed by atoms with E-state index in [0.717, 1.165) is 0 Å².